The Morgan fingerprint density at radius 3 is 1.90 bits per heavy atom. The molecule has 2 aromatic rings. The third-order valence-corrected chi connectivity index (χ3v) is 7.25. The average Bonchev–Trinajstić information content (AvgIpc) is 2.81. The Morgan fingerprint density at radius 1 is 0.902 bits per heavy atom. The zero-order valence-corrected chi connectivity index (χ0v) is 27.2. The average molecular weight is 566 g/mol. The van der Waals surface area contributed by atoms with Gasteiger partial charge in [-0.2, -0.15) is 0 Å². The van der Waals surface area contributed by atoms with Gasteiger partial charge in [0, 0.05) is 11.2 Å². The number of amides is 3. The number of para-hydroxylation sites is 1. The molecule has 0 radical (unpaired) electrons. The molecule has 0 saturated carbocycles. The number of aryl methyl sites for hydroxylation is 4. The Hall–Kier alpha value is -3.35. The second-order valence-corrected chi connectivity index (χ2v) is 13.3. The number of rotatable bonds is 10. The Balaban J connectivity index is 2.73. The highest BCUT2D eigenvalue weighted by Crippen LogP contribution is 2.35. The van der Waals surface area contributed by atoms with Gasteiger partial charge in [-0.15, -0.1) is 0 Å². The fourth-order valence-electron chi connectivity index (χ4n) is 5.04. The van der Waals surface area contributed by atoms with E-state index in [1.54, 1.807) is 25.7 Å². The predicted octanol–water partition coefficient (Wildman–Crippen LogP) is 7.56. The summed E-state index contributed by atoms with van der Waals surface area (Å²) < 4.78 is 5.52. The minimum Gasteiger partial charge on any atom is -0.444 e. The molecular weight excluding hydrogens is 514 g/mol. The molecule has 0 heterocycles. The largest absolute Gasteiger partial charge is 0.444 e. The molecule has 2 atom stereocenters. The van der Waals surface area contributed by atoms with Crippen LogP contribution in [-0.4, -0.2) is 40.0 Å². The molecule has 0 aliphatic carbocycles. The summed E-state index contributed by atoms with van der Waals surface area (Å²) in [5, 5.41) is 5.99. The van der Waals surface area contributed by atoms with Gasteiger partial charge >= 0.3 is 6.09 Å². The summed E-state index contributed by atoms with van der Waals surface area (Å²) >= 11 is 0. The number of ether oxygens (including phenoxy) is 1. The molecule has 0 bridgehead atoms. The van der Waals surface area contributed by atoms with Crippen molar-refractivity contribution in [1.82, 2.24) is 10.2 Å². The van der Waals surface area contributed by atoms with Gasteiger partial charge in [0.15, 0.2) is 0 Å². The summed E-state index contributed by atoms with van der Waals surface area (Å²) in [5.74, 6) is -0.520. The molecule has 0 saturated heterocycles. The minimum absolute atomic E-state index is 0.105. The first kappa shape index (κ1) is 33.9. The standard InChI is InChI=1S/C34H51N3O4/c1-13-34(11,12)37(31(39)27(17-21(2)3)35-32(40)41-33(8,9)10)29(26-19-22(4)18-23(5)20-26)30(38)36-28-24(6)15-14-16-25(28)7/h14-16,18-21,27,29H,13,17H2,1-12H3,(H,35,40)(H,36,38). The van der Waals surface area contributed by atoms with Crippen LogP contribution in [0.4, 0.5) is 10.5 Å². The zero-order chi connectivity index (χ0) is 31.3. The monoisotopic (exact) mass is 565 g/mol. The maximum Gasteiger partial charge on any atom is 0.408 e. The van der Waals surface area contributed by atoms with E-state index >= 15 is 0 Å². The summed E-state index contributed by atoms with van der Waals surface area (Å²) in [6.45, 7) is 23.2. The molecule has 0 spiro atoms. The lowest BCUT2D eigenvalue weighted by Crippen LogP contribution is -2.59. The third kappa shape index (κ3) is 9.34. The van der Waals surface area contributed by atoms with E-state index in [0.717, 1.165) is 33.5 Å². The van der Waals surface area contributed by atoms with Gasteiger partial charge in [0.1, 0.15) is 17.7 Å². The number of benzene rings is 2. The first-order valence-corrected chi connectivity index (χ1v) is 14.6. The van der Waals surface area contributed by atoms with Gasteiger partial charge in [-0.1, -0.05) is 68.3 Å². The van der Waals surface area contributed by atoms with Crippen molar-refractivity contribution in [2.24, 2.45) is 5.92 Å². The third-order valence-electron chi connectivity index (χ3n) is 7.25. The van der Waals surface area contributed by atoms with Gasteiger partial charge in [-0.3, -0.25) is 9.59 Å². The van der Waals surface area contributed by atoms with E-state index in [2.05, 4.69) is 10.6 Å². The second kappa shape index (κ2) is 13.5. The van der Waals surface area contributed by atoms with Crippen molar-refractivity contribution in [2.75, 3.05) is 5.32 Å². The number of nitrogens with zero attached hydrogens (tertiary/aromatic N) is 1. The fourth-order valence-corrected chi connectivity index (χ4v) is 5.04. The van der Waals surface area contributed by atoms with E-state index in [1.807, 2.05) is 98.7 Å². The summed E-state index contributed by atoms with van der Waals surface area (Å²) in [4.78, 5) is 43.6. The molecule has 0 aliphatic rings. The van der Waals surface area contributed by atoms with Crippen LogP contribution in [-0.2, 0) is 14.3 Å². The lowest BCUT2D eigenvalue weighted by atomic mass is 9.89. The first-order valence-electron chi connectivity index (χ1n) is 14.6. The summed E-state index contributed by atoms with van der Waals surface area (Å²) in [6.07, 6.45) is 0.331. The van der Waals surface area contributed by atoms with Crippen LogP contribution in [0.15, 0.2) is 36.4 Å². The number of carbonyl (C=O) groups is 3. The van der Waals surface area contributed by atoms with Gasteiger partial charge in [0.25, 0.3) is 5.91 Å². The maximum absolute atomic E-state index is 14.6. The number of carbonyl (C=O) groups excluding carboxylic acids is 3. The van der Waals surface area contributed by atoms with Gasteiger partial charge in [0.05, 0.1) is 0 Å². The molecule has 41 heavy (non-hydrogen) atoms. The van der Waals surface area contributed by atoms with Crippen LogP contribution in [0.25, 0.3) is 0 Å². The molecule has 226 valence electrons. The number of hydrogen-bond acceptors (Lipinski definition) is 4. The van der Waals surface area contributed by atoms with Crippen molar-refractivity contribution in [1.29, 1.82) is 0 Å². The van der Waals surface area contributed by atoms with Crippen LogP contribution >= 0.6 is 0 Å². The van der Waals surface area contributed by atoms with Crippen molar-refractivity contribution >= 4 is 23.6 Å². The molecule has 0 aromatic heterocycles. The highest BCUT2D eigenvalue weighted by atomic mass is 16.6. The topological polar surface area (TPSA) is 87.7 Å². The lowest BCUT2D eigenvalue weighted by molar-refractivity contribution is -0.148. The van der Waals surface area contributed by atoms with E-state index in [-0.39, 0.29) is 17.7 Å². The molecule has 0 fully saturated rings. The zero-order valence-electron chi connectivity index (χ0n) is 27.2. The maximum atomic E-state index is 14.6. The van der Waals surface area contributed by atoms with Crippen molar-refractivity contribution in [2.45, 2.75) is 119 Å². The quantitative estimate of drug-likeness (QED) is 0.311. The van der Waals surface area contributed by atoms with Crippen LogP contribution in [0.5, 0.6) is 0 Å². The normalized spacial score (nSPS) is 13.4. The predicted molar refractivity (Wildman–Crippen MR) is 167 cm³/mol. The molecular formula is C34H51N3O4. The highest BCUT2D eigenvalue weighted by Gasteiger charge is 2.43. The van der Waals surface area contributed by atoms with Gasteiger partial charge in [0.2, 0.25) is 5.91 Å². The summed E-state index contributed by atoms with van der Waals surface area (Å²) in [5.41, 5.74) is 3.90. The molecule has 2 unspecified atom stereocenters. The van der Waals surface area contributed by atoms with Crippen LogP contribution in [0.1, 0.15) is 102 Å². The number of anilines is 1. The summed E-state index contributed by atoms with van der Waals surface area (Å²) in [6, 6.07) is 10.0. The van der Waals surface area contributed by atoms with E-state index in [0.29, 0.717) is 12.8 Å². The molecule has 7 heteroatoms. The van der Waals surface area contributed by atoms with E-state index < -0.39 is 29.3 Å². The Labute approximate surface area is 247 Å². The Kier molecular flexibility index (Phi) is 11.2. The van der Waals surface area contributed by atoms with Crippen LogP contribution < -0.4 is 10.6 Å². The molecule has 2 N–H and O–H groups in total. The smallest absolute Gasteiger partial charge is 0.408 e. The van der Waals surface area contributed by atoms with Crippen molar-refractivity contribution < 1.29 is 19.1 Å². The first-order chi connectivity index (χ1) is 18.9. The van der Waals surface area contributed by atoms with Gasteiger partial charge in [-0.05, 0) is 97.8 Å². The molecule has 2 aromatic carbocycles. The lowest BCUT2D eigenvalue weighted by Gasteiger charge is -2.45. The number of nitrogens with one attached hydrogen (secondary N) is 2. The van der Waals surface area contributed by atoms with Gasteiger partial charge in [-0.25, -0.2) is 4.79 Å². The molecule has 3 amide bonds. The van der Waals surface area contributed by atoms with Crippen LogP contribution in [0.2, 0.25) is 0 Å². The molecule has 2 rings (SSSR count). The minimum atomic E-state index is -0.940. The van der Waals surface area contributed by atoms with Crippen molar-refractivity contribution in [3.63, 3.8) is 0 Å². The SMILES string of the molecule is CCC(C)(C)N(C(=O)C(CC(C)C)NC(=O)OC(C)(C)C)C(C(=O)Nc1c(C)cccc1C)c1cc(C)cc(C)c1. The molecule has 0 aliphatic heterocycles. The Morgan fingerprint density at radius 2 is 1.44 bits per heavy atom. The van der Waals surface area contributed by atoms with Crippen LogP contribution in [0, 0.1) is 33.6 Å². The Bertz CT molecular complexity index is 1200. The van der Waals surface area contributed by atoms with E-state index in [1.165, 1.54) is 0 Å². The van der Waals surface area contributed by atoms with E-state index in [9.17, 15) is 14.4 Å². The van der Waals surface area contributed by atoms with E-state index in [4.69, 9.17) is 4.74 Å². The fraction of sp³-hybridized carbons (Fsp3) is 0.559. The van der Waals surface area contributed by atoms with Gasteiger partial charge < -0.3 is 20.3 Å². The highest BCUT2D eigenvalue weighted by molar-refractivity contribution is 6.00. The molecule has 7 nitrogen and oxygen atoms in total. The second-order valence-electron chi connectivity index (χ2n) is 13.3. The van der Waals surface area contributed by atoms with Crippen LogP contribution in [0.3, 0.4) is 0 Å². The number of hydrogen-bond donors (Lipinski definition) is 2. The summed E-state index contributed by atoms with van der Waals surface area (Å²) in [7, 11) is 0. The van der Waals surface area contributed by atoms with Crippen molar-refractivity contribution in [3.05, 3.63) is 64.2 Å². The van der Waals surface area contributed by atoms with Crippen molar-refractivity contribution in [3.8, 4) is 0 Å². The number of alkyl carbamates (subject to hydrolysis) is 1.